The van der Waals surface area contributed by atoms with Crippen LogP contribution in [-0.2, 0) is 32.0 Å². The van der Waals surface area contributed by atoms with Crippen molar-refractivity contribution in [1.29, 1.82) is 0 Å². The van der Waals surface area contributed by atoms with Gasteiger partial charge in [0.2, 0.25) is 5.78 Å². The number of rotatable bonds is 11. The predicted molar refractivity (Wildman–Crippen MR) is 136 cm³/mol. The maximum absolute atomic E-state index is 13.1. The second kappa shape index (κ2) is 12.0. The Balaban J connectivity index is 1.58. The third kappa shape index (κ3) is 5.83. The number of benzene rings is 2. The van der Waals surface area contributed by atoms with Gasteiger partial charge in [-0.25, -0.2) is 4.79 Å². The highest BCUT2D eigenvalue weighted by molar-refractivity contribution is 6.45. The molecule has 0 bridgehead atoms. The van der Waals surface area contributed by atoms with Crippen LogP contribution in [0.5, 0.6) is 5.75 Å². The smallest absolute Gasteiger partial charge is 0.344 e. The zero-order valence-electron chi connectivity index (χ0n) is 20.8. The summed E-state index contributed by atoms with van der Waals surface area (Å²) in [7, 11) is 0. The number of ketones is 2. The molecule has 0 radical (unpaired) electrons. The van der Waals surface area contributed by atoms with Crippen molar-refractivity contribution in [3.05, 3.63) is 65.4 Å². The fraction of sp³-hybridized carbons (Fsp3) is 0.393. The Morgan fingerprint density at radius 3 is 2.44 bits per heavy atom. The Hall–Kier alpha value is -3.49. The third-order valence-electron chi connectivity index (χ3n) is 6.34. The molecule has 190 valence electrons. The van der Waals surface area contributed by atoms with Crippen molar-refractivity contribution < 1.29 is 28.6 Å². The molecule has 0 saturated carbocycles. The highest BCUT2D eigenvalue weighted by Crippen LogP contribution is 2.35. The fourth-order valence-corrected chi connectivity index (χ4v) is 4.57. The average Bonchev–Trinajstić information content (AvgIpc) is 3.21. The molecule has 0 aliphatic carbocycles. The normalized spacial score (nSPS) is 14.1. The quantitative estimate of drug-likeness (QED) is 0.231. The molecule has 8 nitrogen and oxygen atoms in total. The van der Waals surface area contributed by atoms with Crippen molar-refractivity contribution in [2.45, 2.75) is 26.8 Å². The predicted octanol–water partition coefficient (Wildman–Crippen LogP) is 3.28. The summed E-state index contributed by atoms with van der Waals surface area (Å²) < 4.78 is 18.6. The zero-order valence-corrected chi connectivity index (χ0v) is 20.8. The van der Waals surface area contributed by atoms with Crippen molar-refractivity contribution >= 4 is 28.4 Å². The van der Waals surface area contributed by atoms with Crippen LogP contribution in [-0.4, -0.2) is 73.1 Å². The van der Waals surface area contributed by atoms with Crippen molar-refractivity contribution in [3.8, 4) is 5.75 Å². The van der Waals surface area contributed by atoms with Crippen LogP contribution in [0.4, 0.5) is 0 Å². The lowest BCUT2D eigenvalue weighted by atomic mass is 10.0. The second-order valence-electron chi connectivity index (χ2n) is 8.75. The molecule has 1 saturated heterocycles. The Bertz CT molecular complexity index is 1230. The zero-order chi connectivity index (χ0) is 25.5. The largest absolute Gasteiger partial charge is 0.481 e. The van der Waals surface area contributed by atoms with E-state index in [4.69, 9.17) is 14.2 Å². The lowest BCUT2D eigenvalue weighted by Crippen LogP contribution is -2.38. The second-order valence-corrected chi connectivity index (χ2v) is 8.75. The van der Waals surface area contributed by atoms with E-state index in [1.54, 1.807) is 6.07 Å². The molecular weight excluding hydrogens is 460 g/mol. The number of hydrogen-bond donors (Lipinski definition) is 0. The number of fused-ring (bicyclic) bond motifs is 1. The molecule has 0 spiro atoms. The average molecular weight is 493 g/mol. The fourth-order valence-electron chi connectivity index (χ4n) is 4.57. The summed E-state index contributed by atoms with van der Waals surface area (Å²) >= 11 is 0. The third-order valence-corrected chi connectivity index (χ3v) is 6.34. The number of carbonyl (C=O) groups is 3. The highest BCUT2D eigenvalue weighted by Gasteiger charge is 2.27. The minimum absolute atomic E-state index is 0.272. The number of Topliss-reactive ketones (excluding diaryl/α,β-unsaturated/α-hetero) is 2. The van der Waals surface area contributed by atoms with Gasteiger partial charge in [-0.2, -0.15) is 0 Å². The van der Waals surface area contributed by atoms with Crippen molar-refractivity contribution in [2.75, 3.05) is 46.1 Å². The summed E-state index contributed by atoms with van der Waals surface area (Å²) in [4.78, 5) is 39.8. The van der Waals surface area contributed by atoms with E-state index < -0.39 is 17.5 Å². The van der Waals surface area contributed by atoms with Gasteiger partial charge in [0.25, 0.3) is 0 Å². The molecule has 2 heterocycles. The molecule has 1 aromatic heterocycles. The number of aromatic nitrogens is 1. The van der Waals surface area contributed by atoms with Gasteiger partial charge in [-0.3, -0.25) is 14.5 Å². The van der Waals surface area contributed by atoms with Gasteiger partial charge in [0.15, 0.2) is 12.4 Å². The van der Waals surface area contributed by atoms with Crippen LogP contribution < -0.4 is 4.74 Å². The van der Waals surface area contributed by atoms with E-state index in [0.717, 1.165) is 29.9 Å². The first kappa shape index (κ1) is 25.6. The van der Waals surface area contributed by atoms with Crippen LogP contribution in [0, 0.1) is 0 Å². The monoisotopic (exact) mass is 492 g/mol. The van der Waals surface area contributed by atoms with Crippen LogP contribution in [0.2, 0.25) is 0 Å². The van der Waals surface area contributed by atoms with Gasteiger partial charge in [-0.15, -0.1) is 0 Å². The Kier molecular flexibility index (Phi) is 8.51. The molecule has 0 N–H and O–H groups in total. The number of morpholine rings is 1. The molecule has 2 aromatic carbocycles. The summed E-state index contributed by atoms with van der Waals surface area (Å²) in [5.41, 5.74) is 2.95. The summed E-state index contributed by atoms with van der Waals surface area (Å²) in [6, 6.07) is 15.4. The van der Waals surface area contributed by atoms with Crippen LogP contribution in [0.1, 0.15) is 35.5 Å². The molecule has 36 heavy (non-hydrogen) atoms. The topological polar surface area (TPSA) is 87.1 Å². The van der Waals surface area contributed by atoms with E-state index in [0.29, 0.717) is 49.4 Å². The number of carbonyl (C=O) groups excluding carboxylic acids is 3. The van der Waals surface area contributed by atoms with E-state index in [1.165, 1.54) is 6.92 Å². The minimum Gasteiger partial charge on any atom is -0.481 e. The summed E-state index contributed by atoms with van der Waals surface area (Å²) in [5, 5.41) is 0.548. The first-order chi connectivity index (χ1) is 17.5. The molecule has 0 amide bonds. The van der Waals surface area contributed by atoms with Crippen LogP contribution in [0.3, 0.4) is 0 Å². The molecule has 0 atom stereocenters. The maximum atomic E-state index is 13.1. The number of esters is 1. The van der Waals surface area contributed by atoms with Gasteiger partial charge in [0.05, 0.1) is 29.7 Å². The molecule has 1 aliphatic heterocycles. The summed E-state index contributed by atoms with van der Waals surface area (Å²) in [5.74, 6) is -1.21. The van der Waals surface area contributed by atoms with Crippen molar-refractivity contribution in [3.63, 3.8) is 0 Å². The molecule has 0 unspecified atom stereocenters. The lowest BCUT2D eigenvalue weighted by molar-refractivity contribution is -0.146. The standard InChI is InChI=1S/C28H32N2O6/c1-3-22-27(28(33)20(2)31)26-23(30(22)18-21-8-5-4-6-9-21)10-7-11-24(26)36-19-25(32)35-17-14-29-12-15-34-16-13-29/h4-11H,3,12-19H2,1-2H3. The molecule has 3 aromatic rings. The van der Waals surface area contributed by atoms with E-state index in [2.05, 4.69) is 4.90 Å². The molecular formula is C28H32N2O6. The molecule has 1 fully saturated rings. The van der Waals surface area contributed by atoms with E-state index >= 15 is 0 Å². The minimum atomic E-state index is -0.562. The van der Waals surface area contributed by atoms with Gasteiger partial charge >= 0.3 is 5.97 Å². The maximum Gasteiger partial charge on any atom is 0.344 e. The van der Waals surface area contributed by atoms with Gasteiger partial charge in [0.1, 0.15) is 12.4 Å². The van der Waals surface area contributed by atoms with Crippen molar-refractivity contribution in [1.82, 2.24) is 9.47 Å². The number of ether oxygens (including phenoxy) is 3. The van der Waals surface area contributed by atoms with Crippen molar-refractivity contribution in [2.24, 2.45) is 0 Å². The first-order valence-corrected chi connectivity index (χ1v) is 12.3. The first-order valence-electron chi connectivity index (χ1n) is 12.3. The summed E-state index contributed by atoms with van der Waals surface area (Å²) in [6.07, 6.45) is 0.554. The van der Waals surface area contributed by atoms with E-state index in [1.807, 2.05) is 54.0 Å². The summed E-state index contributed by atoms with van der Waals surface area (Å²) in [6.45, 7) is 7.41. The molecule has 4 rings (SSSR count). The van der Waals surface area contributed by atoms with Gasteiger partial charge in [-0.05, 0) is 24.1 Å². The molecule has 8 heteroatoms. The molecule has 1 aliphatic rings. The van der Waals surface area contributed by atoms with E-state index in [-0.39, 0.29) is 13.2 Å². The van der Waals surface area contributed by atoms with Crippen LogP contribution in [0.25, 0.3) is 10.9 Å². The van der Waals surface area contributed by atoms with Crippen LogP contribution >= 0.6 is 0 Å². The number of hydrogen-bond acceptors (Lipinski definition) is 7. The Morgan fingerprint density at radius 1 is 1.00 bits per heavy atom. The van der Waals surface area contributed by atoms with E-state index in [9.17, 15) is 14.4 Å². The number of nitrogens with zero attached hydrogens (tertiary/aromatic N) is 2. The van der Waals surface area contributed by atoms with Gasteiger partial charge < -0.3 is 18.8 Å². The van der Waals surface area contributed by atoms with Gasteiger partial charge in [0, 0.05) is 38.8 Å². The lowest BCUT2D eigenvalue weighted by Gasteiger charge is -2.26. The van der Waals surface area contributed by atoms with Gasteiger partial charge in [-0.1, -0.05) is 43.3 Å². The Labute approximate surface area is 210 Å². The highest BCUT2D eigenvalue weighted by atomic mass is 16.6. The SMILES string of the molecule is CCc1c(C(=O)C(C)=O)c2c(OCC(=O)OCCN3CCOCC3)cccc2n1Cc1ccccc1. The Morgan fingerprint density at radius 2 is 1.75 bits per heavy atom. The van der Waals surface area contributed by atoms with Crippen LogP contribution in [0.15, 0.2) is 48.5 Å².